The molecule has 3 aromatic rings. The Morgan fingerprint density at radius 1 is 1.19 bits per heavy atom. The molecule has 200 valence electrons. The number of halogens is 1. The molecule has 4 rings (SSSR count). The van der Waals surface area contributed by atoms with E-state index in [0.29, 0.717) is 68.1 Å². The maximum absolute atomic E-state index is 13.5. The molecule has 2 heterocycles. The lowest BCUT2D eigenvalue weighted by Gasteiger charge is -2.45. The fourth-order valence-corrected chi connectivity index (χ4v) is 5.20. The minimum atomic E-state index is -5.14. The van der Waals surface area contributed by atoms with Gasteiger partial charge in [-0.3, -0.25) is 4.79 Å². The second-order valence-corrected chi connectivity index (χ2v) is 10.5. The molecule has 10 nitrogen and oxygen atoms in total. The quantitative estimate of drug-likeness (QED) is 0.157. The highest BCUT2D eigenvalue weighted by atomic mass is 31.2. The molecule has 0 spiro atoms. The zero-order chi connectivity index (χ0) is 26.6. The van der Waals surface area contributed by atoms with Crippen LogP contribution in [0.2, 0.25) is 0 Å². The number of phosphoric ester groups is 1. The Morgan fingerprint density at radius 2 is 1.95 bits per heavy atom. The Balaban J connectivity index is 1.40. The number of Topliss-reactive ketones (excluding diaryl/α,β-unsaturated/α-hetero) is 1. The van der Waals surface area contributed by atoms with E-state index in [9.17, 15) is 23.5 Å². The number of benzene rings is 2. The van der Waals surface area contributed by atoms with Crippen LogP contribution in [0, 0.1) is 5.82 Å². The van der Waals surface area contributed by atoms with E-state index in [1.165, 1.54) is 26.2 Å². The average molecular weight is 535 g/mol. The summed E-state index contributed by atoms with van der Waals surface area (Å²) in [6, 6.07) is 9.26. The number of fused-ring (bicyclic) bond motifs is 1. The zero-order valence-electron chi connectivity index (χ0n) is 20.7. The standard InChI is InChI=1S/C25H30FN2O8P/c1-17(29)19-4-7-22(24(14-19)33-2)34-13-3-10-28(16-35-37(30,31)32)11-8-18(9-12-28)25-21-6-5-20(26)15-23(21)36-27-25/h4-7,14-15,18H,3,8-13,16H2,1-2H3,(H-,30,31,32)/p-1. The minimum absolute atomic E-state index is 0.0459. The number of phosphoric acid groups is 1. The SMILES string of the molecule is COc1cc(C(C)=O)ccc1OCCC[N+]1(COP(=O)([O-])[O-])CCC(c2noc3cc(F)ccc23)CC1. The molecule has 1 aromatic heterocycles. The van der Waals surface area contributed by atoms with Gasteiger partial charge < -0.3 is 37.4 Å². The highest BCUT2D eigenvalue weighted by Gasteiger charge is 2.36. The predicted molar refractivity (Wildman–Crippen MR) is 127 cm³/mol. The van der Waals surface area contributed by atoms with Gasteiger partial charge >= 0.3 is 0 Å². The number of methoxy groups -OCH3 is 1. The molecule has 37 heavy (non-hydrogen) atoms. The van der Waals surface area contributed by atoms with Crippen LogP contribution in [0.3, 0.4) is 0 Å². The highest BCUT2D eigenvalue weighted by Crippen LogP contribution is 2.37. The molecular formula is C25H29FN2O8P-. The van der Waals surface area contributed by atoms with Crippen LogP contribution in [-0.2, 0) is 9.09 Å². The lowest BCUT2D eigenvalue weighted by molar-refractivity contribution is -0.948. The maximum atomic E-state index is 13.5. The summed E-state index contributed by atoms with van der Waals surface area (Å²) >= 11 is 0. The van der Waals surface area contributed by atoms with Gasteiger partial charge in [0.1, 0.15) is 5.82 Å². The summed E-state index contributed by atoms with van der Waals surface area (Å²) in [5.74, 6) is 0.496. The van der Waals surface area contributed by atoms with Crippen molar-refractivity contribution in [2.45, 2.75) is 32.1 Å². The summed E-state index contributed by atoms with van der Waals surface area (Å²) < 4.78 is 46.2. The molecule has 1 aliphatic heterocycles. The van der Waals surface area contributed by atoms with Gasteiger partial charge in [-0.1, -0.05) is 5.16 Å². The summed E-state index contributed by atoms with van der Waals surface area (Å²) in [6.07, 6.45) is 1.87. The third-order valence-corrected chi connectivity index (χ3v) is 7.28. The predicted octanol–water partition coefficient (Wildman–Crippen LogP) is 3.14. The molecule has 1 aliphatic rings. The lowest BCUT2D eigenvalue weighted by atomic mass is 9.90. The number of hydrogen-bond donors (Lipinski definition) is 0. The molecule has 0 aliphatic carbocycles. The Morgan fingerprint density at radius 3 is 2.62 bits per heavy atom. The van der Waals surface area contributed by atoms with E-state index >= 15 is 0 Å². The van der Waals surface area contributed by atoms with Crippen molar-refractivity contribution < 1.29 is 46.5 Å². The first-order valence-corrected chi connectivity index (χ1v) is 13.4. The Kier molecular flexibility index (Phi) is 8.30. The molecule has 1 saturated heterocycles. The first-order valence-electron chi connectivity index (χ1n) is 12.0. The fraction of sp³-hybridized carbons (Fsp3) is 0.440. The Labute approximate surface area is 213 Å². The number of carbonyl (C=O) groups is 1. The Bertz CT molecular complexity index is 1300. The van der Waals surface area contributed by atoms with E-state index in [1.54, 1.807) is 24.3 Å². The van der Waals surface area contributed by atoms with E-state index < -0.39 is 13.6 Å². The number of piperidine rings is 1. The van der Waals surface area contributed by atoms with Crippen LogP contribution < -0.4 is 19.3 Å². The van der Waals surface area contributed by atoms with Gasteiger partial charge in [-0.25, -0.2) is 4.39 Å². The van der Waals surface area contributed by atoms with Gasteiger partial charge in [0.25, 0.3) is 0 Å². The molecule has 0 saturated carbocycles. The molecule has 0 amide bonds. The number of ketones is 1. The van der Waals surface area contributed by atoms with E-state index in [1.807, 2.05) is 0 Å². The van der Waals surface area contributed by atoms with Gasteiger partial charge in [0.2, 0.25) is 0 Å². The van der Waals surface area contributed by atoms with Gasteiger partial charge in [-0.2, -0.15) is 0 Å². The van der Waals surface area contributed by atoms with Gasteiger partial charge in [0.05, 0.1) is 46.9 Å². The van der Waals surface area contributed by atoms with Crippen molar-refractivity contribution in [2.24, 2.45) is 0 Å². The Hall–Kier alpha value is -2.82. The molecule has 1 fully saturated rings. The zero-order valence-corrected chi connectivity index (χ0v) is 21.6. The van der Waals surface area contributed by atoms with Gasteiger partial charge in [-0.05, 0) is 37.3 Å². The molecule has 12 heteroatoms. The van der Waals surface area contributed by atoms with Crippen molar-refractivity contribution in [3.8, 4) is 11.5 Å². The number of nitrogens with zero attached hydrogens (tertiary/aromatic N) is 2. The first-order chi connectivity index (χ1) is 17.6. The van der Waals surface area contributed by atoms with E-state index in [2.05, 4.69) is 5.16 Å². The number of quaternary nitrogens is 1. The van der Waals surface area contributed by atoms with Crippen molar-refractivity contribution in [3.05, 3.63) is 53.5 Å². The van der Waals surface area contributed by atoms with Crippen molar-refractivity contribution in [1.82, 2.24) is 5.16 Å². The van der Waals surface area contributed by atoms with Crippen LogP contribution in [0.4, 0.5) is 4.39 Å². The number of likely N-dealkylation sites (tertiary alicyclic amines) is 1. The molecule has 0 radical (unpaired) electrons. The lowest BCUT2D eigenvalue weighted by Crippen LogP contribution is -2.55. The van der Waals surface area contributed by atoms with Gasteiger partial charge in [0.15, 0.2) is 29.6 Å². The average Bonchev–Trinajstić information content (AvgIpc) is 3.28. The van der Waals surface area contributed by atoms with Gasteiger partial charge in [0, 0.05) is 42.2 Å². The topological polar surface area (TPSA) is 134 Å². The third-order valence-electron chi connectivity index (χ3n) is 6.85. The summed E-state index contributed by atoms with van der Waals surface area (Å²) in [6.45, 7) is 3.15. The smallest absolute Gasteiger partial charge is 0.187 e. The second-order valence-electron chi connectivity index (χ2n) is 9.32. The molecular weight excluding hydrogens is 506 g/mol. The molecule has 0 atom stereocenters. The number of carbonyl (C=O) groups excluding carboxylic acids is 1. The molecule has 2 aromatic carbocycles. The van der Waals surface area contributed by atoms with Crippen molar-refractivity contribution in [1.29, 1.82) is 0 Å². The van der Waals surface area contributed by atoms with Crippen molar-refractivity contribution in [2.75, 3.05) is 40.1 Å². The highest BCUT2D eigenvalue weighted by molar-refractivity contribution is 7.43. The fourth-order valence-electron chi connectivity index (χ4n) is 4.81. The summed E-state index contributed by atoms with van der Waals surface area (Å²) in [5, 5.41) is 4.91. The summed E-state index contributed by atoms with van der Waals surface area (Å²) in [7, 11) is -3.65. The molecule has 0 N–H and O–H groups in total. The van der Waals surface area contributed by atoms with Crippen LogP contribution in [0.1, 0.15) is 48.2 Å². The minimum Gasteiger partial charge on any atom is -0.790 e. The normalized spacial score (nSPS) is 20.2. The van der Waals surface area contributed by atoms with Gasteiger partial charge in [-0.15, -0.1) is 0 Å². The van der Waals surface area contributed by atoms with Crippen LogP contribution in [0.25, 0.3) is 11.0 Å². The number of aromatic nitrogens is 1. The van der Waals surface area contributed by atoms with Crippen LogP contribution in [0.15, 0.2) is 40.9 Å². The van der Waals surface area contributed by atoms with Crippen LogP contribution in [0.5, 0.6) is 11.5 Å². The molecule has 0 bridgehead atoms. The third kappa shape index (κ3) is 6.74. The molecule has 0 unspecified atom stereocenters. The summed E-state index contributed by atoms with van der Waals surface area (Å²) in [5.41, 5.74) is 1.64. The largest absolute Gasteiger partial charge is 0.790 e. The maximum Gasteiger partial charge on any atom is 0.187 e. The summed E-state index contributed by atoms with van der Waals surface area (Å²) in [4.78, 5) is 34.1. The first kappa shape index (κ1) is 27.2. The van der Waals surface area contributed by atoms with Crippen LogP contribution in [-0.4, -0.2) is 55.5 Å². The number of ether oxygens (including phenoxy) is 2. The van der Waals surface area contributed by atoms with Crippen molar-refractivity contribution >= 4 is 24.6 Å². The number of rotatable bonds is 11. The second kappa shape index (κ2) is 11.3. The van der Waals surface area contributed by atoms with Crippen LogP contribution >= 0.6 is 7.82 Å². The van der Waals surface area contributed by atoms with E-state index in [-0.39, 0.29) is 22.9 Å². The monoisotopic (exact) mass is 535 g/mol. The number of hydrogen-bond acceptors (Lipinski definition) is 9. The van der Waals surface area contributed by atoms with E-state index in [4.69, 9.17) is 18.5 Å². The van der Waals surface area contributed by atoms with E-state index in [0.717, 1.165) is 11.1 Å². The van der Waals surface area contributed by atoms with Crippen molar-refractivity contribution in [3.63, 3.8) is 0 Å².